The Bertz CT molecular complexity index is 1080. The number of aromatic amines is 1. The van der Waals surface area contributed by atoms with E-state index in [1.807, 2.05) is 0 Å². The Labute approximate surface area is 159 Å². The number of H-pyrrole nitrogens is 1. The number of benzene rings is 1. The fraction of sp³-hybridized carbons (Fsp3) is 0.333. The minimum absolute atomic E-state index is 0.142. The van der Waals surface area contributed by atoms with E-state index in [0.29, 0.717) is 17.1 Å². The highest BCUT2D eigenvalue weighted by Gasteiger charge is 2.34. The number of aromatic nitrogens is 2. The molecule has 0 spiro atoms. The van der Waals surface area contributed by atoms with Gasteiger partial charge in [-0.15, -0.1) is 0 Å². The highest BCUT2D eigenvalue weighted by molar-refractivity contribution is 6.04. The second-order valence-corrected chi connectivity index (χ2v) is 6.26. The zero-order valence-corrected chi connectivity index (χ0v) is 15.8. The van der Waals surface area contributed by atoms with Crippen molar-refractivity contribution in [3.8, 4) is 17.4 Å². The molecule has 10 nitrogen and oxygen atoms in total. The largest absolute Gasteiger partial charge is 0.494 e. The first kappa shape index (κ1) is 19.2. The normalized spacial score (nSPS) is 16.1. The molecule has 0 aliphatic carbocycles. The average Bonchev–Trinajstić information content (AvgIpc) is 3.10. The minimum Gasteiger partial charge on any atom is -0.494 e. The number of carbonyl (C=O) groups is 1. The van der Waals surface area contributed by atoms with Gasteiger partial charge in [0.2, 0.25) is 11.8 Å². The summed E-state index contributed by atoms with van der Waals surface area (Å²) >= 11 is 0. The zero-order valence-electron chi connectivity index (χ0n) is 15.8. The van der Waals surface area contributed by atoms with Crippen LogP contribution in [0.1, 0.15) is 30.5 Å². The van der Waals surface area contributed by atoms with Gasteiger partial charge in [-0.3, -0.25) is 19.1 Å². The van der Waals surface area contributed by atoms with Crippen LogP contribution in [0.5, 0.6) is 17.4 Å². The topological polar surface area (TPSA) is 126 Å². The Morgan fingerprint density at radius 2 is 1.93 bits per heavy atom. The van der Waals surface area contributed by atoms with Gasteiger partial charge in [-0.1, -0.05) is 6.07 Å². The van der Waals surface area contributed by atoms with Crippen LogP contribution >= 0.6 is 0 Å². The van der Waals surface area contributed by atoms with Gasteiger partial charge in [0.05, 0.1) is 26.0 Å². The monoisotopic (exact) mass is 388 g/mol. The smallest absolute Gasteiger partial charge is 0.330 e. The fourth-order valence-corrected chi connectivity index (χ4v) is 3.14. The number of ether oxygens (including phenoxy) is 2. The van der Waals surface area contributed by atoms with E-state index in [1.165, 1.54) is 33.2 Å². The van der Waals surface area contributed by atoms with Gasteiger partial charge in [0.1, 0.15) is 5.56 Å². The molecule has 28 heavy (non-hydrogen) atoms. The van der Waals surface area contributed by atoms with Crippen LogP contribution in [0, 0.1) is 0 Å². The van der Waals surface area contributed by atoms with Crippen LogP contribution in [0.3, 0.4) is 0 Å². The van der Waals surface area contributed by atoms with E-state index < -0.39 is 23.2 Å². The second kappa shape index (κ2) is 7.22. The molecule has 0 radical (unpaired) electrons. The van der Waals surface area contributed by atoms with Gasteiger partial charge >= 0.3 is 5.69 Å². The van der Waals surface area contributed by atoms with Crippen LogP contribution in [0.2, 0.25) is 0 Å². The van der Waals surface area contributed by atoms with Crippen molar-refractivity contribution in [2.24, 2.45) is 12.1 Å². The van der Waals surface area contributed by atoms with Crippen LogP contribution in [0.4, 0.5) is 0 Å². The molecule has 0 saturated heterocycles. The molecule has 2 N–H and O–H groups in total. The summed E-state index contributed by atoms with van der Waals surface area (Å²) in [6, 6.07) is 4.69. The van der Waals surface area contributed by atoms with Crippen LogP contribution in [0.25, 0.3) is 0 Å². The van der Waals surface area contributed by atoms with E-state index >= 15 is 0 Å². The summed E-state index contributed by atoms with van der Waals surface area (Å²) in [5.74, 6) is 0.172. The van der Waals surface area contributed by atoms with Crippen LogP contribution in [-0.4, -0.2) is 45.5 Å². The zero-order chi connectivity index (χ0) is 20.6. The van der Waals surface area contributed by atoms with Gasteiger partial charge in [-0.05, 0) is 17.7 Å². The Hall–Kier alpha value is -3.56. The number of carbonyl (C=O) groups excluding carboxylic acids is 1. The van der Waals surface area contributed by atoms with E-state index in [1.54, 1.807) is 18.2 Å². The summed E-state index contributed by atoms with van der Waals surface area (Å²) in [5, 5.41) is 15.7. The quantitative estimate of drug-likeness (QED) is 0.785. The number of nitrogens with one attached hydrogen (secondary N) is 1. The Kier molecular flexibility index (Phi) is 4.95. The second-order valence-electron chi connectivity index (χ2n) is 6.26. The number of methoxy groups -OCH3 is 2. The summed E-state index contributed by atoms with van der Waals surface area (Å²) in [5.41, 5.74) is -0.742. The molecule has 2 heterocycles. The van der Waals surface area contributed by atoms with Crippen LogP contribution in [-0.2, 0) is 11.8 Å². The fourth-order valence-electron chi connectivity index (χ4n) is 3.14. The molecule has 1 unspecified atom stereocenters. The van der Waals surface area contributed by atoms with Gasteiger partial charge < -0.3 is 14.6 Å². The third-order valence-electron chi connectivity index (χ3n) is 4.61. The lowest BCUT2D eigenvalue weighted by Crippen LogP contribution is -2.32. The first-order valence-corrected chi connectivity index (χ1v) is 8.40. The summed E-state index contributed by atoms with van der Waals surface area (Å²) < 4.78 is 11.4. The van der Waals surface area contributed by atoms with Crippen LogP contribution < -0.4 is 20.7 Å². The molecule has 148 valence electrons. The molecule has 3 rings (SSSR count). The number of rotatable bonds is 4. The molecule has 2 aromatic rings. The Balaban J connectivity index is 2.08. The molecular weight excluding hydrogens is 368 g/mol. The highest BCUT2D eigenvalue weighted by atomic mass is 16.5. The van der Waals surface area contributed by atoms with Crippen molar-refractivity contribution in [3.63, 3.8) is 0 Å². The van der Waals surface area contributed by atoms with E-state index in [2.05, 4.69) is 10.1 Å². The molecule has 0 saturated carbocycles. The van der Waals surface area contributed by atoms with Crippen molar-refractivity contribution in [2.75, 3.05) is 14.2 Å². The molecule has 1 aliphatic heterocycles. The van der Waals surface area contributed by atoms with Crippen molar-refractivity contribution >= 4 is 11.6 Å². The number of aromatic hydroxyl groups is 1. The van der Waals surface area contributed by atoms with Crippen molar-refractivity contribution in [1.29, 1.82) is 0 Å². The lowest BCUT2D eigenvalue weighted by atomic mass is 9.98. The Morgan fingerprint density at radius 3 is 2.54 bits per heavy atom. The third kappa shape index (κ3) is 3.13. The molecule has 1 atom stereocenters. The standard InChI is InChI=1S/C18H20N4O6/c1-9(23)22-12(10-5-6-13(27-3)14(7-10)28-4)8-11(20-22)15-16(24)19-18(26)21(2)17(15)25/h5-7,12,25H,8H2,1-4H3,(H,19,24,26). The first-order chi connectivity index (χ1) is 13.3. The summed E-state index contributed by atoms with van der Waals surface area (Å²) in [6.45, 7) is 1.35. The van der Waals surface area contributed by atoms with Gasteiger partial charge in [-0.25, -0.2) is 9.80 Å². The molecule has 0 bridgehead atoms. The maximum atomic E-state index is 12.3. The Morgan fingerprint density at radius 1 is 1.25 bits per heavy atom. The van der Waals surface area contributed by atoms with Gasteiger partial charge in [-0.2, -0.15) is 5.10 Å². The van der Waals surface area contributed by atoms with Gasteiger partial charge in [0.15, 0.2) is 11.5 Å². The van der Waals surface area contributed by atoms with Crippen molar-refractivity contribution in [3.05, 3.63) is 50.2 Å². The first-order valence-electron chi connectivity index (χ1n) is 8.40. The number of nitrogens with zero attached hydrogens (tertiary/aromatic N) is 3. The SMILES string of the molecule is COc1ccc(C2CC(c3c(O)n(C)c(=O)[nH]c3=O)=NN2C(C)=O)cc1OC. The van der Waals surface area contributed by atoms with E-state index in [0.717, 1.165) is 4.57 Å². The summed E-state index contributed by atoms with van der Waals surface area (Å²) in [7, 11) is 4.34. The lowest BCUT2D eigenvalue weighted by Gasteiger charge is -2.21. The van der Waals surface area contributed by atoms with E-state index in [-0.39, 0.29) is 23.6 Å². The molecule has 1 aromatic carbocycles. The van der Waals surface area contributed by atoms with Crippen molar-refractivity contribution < 1.29 is 19.4 Å². The molecule has 10 heteroatoms. The summed E-state index contributed by atoms with van der Waals surface area (Å²) in [4.78, 5) is 38.2. The lowest BCUT2D eigenvalue weighted by molar-refractivity contribution is -0.130. The van der Waals surface area contributed by atoms with Gasteiger partial charge in [0.25, 0.3) is 5.56 Å². The number of hydrogen-bond donors (Lipinski definition) is 2. The van der Waals surface area contributed by atoms with E-state index in [9.17, 15) is 19.5 Å². The number of amides is 1. The molecule has 0 fully saturated rings. The maximum Gasteiger partial charge on any atom is 0.330 e. The molecular formula is C18H20N4O6. The molecule has 1 amide bonds. The predicted molar refractivity (Wildman–Crippen MR) is 99.9 cm³/mol. The number of hydrazone groups is 1. The van der Waals surface area contributed by atoms with E-state index in [4.69, 9.17) is 9.47 Å². The third-order valence-corrected chi connectivity index (χ3v) is 4.61. The molecule has 1 aliphatic rings. The summed E-state index contributed by atoms with van der Waals surface area (Å²) in [6.07, 6.45) is 0.171. The van der Waals surface area contributed by atoms with Crippen LogP contribution in [0.15, 0.2) is 32.9 Å². The van der Waals surface area contributed by atoms with Gasteiger partial charge in [0, 0.05) is 20.4 Å². The minimum atomic E-state index is -0.768. The maximum absolute atomic E-state index is 12.3. The number of hydrogen-bond acceptors (Lipinski definition) is 7. The highest BCUT2D eigenvalue weighted by Crippen LogP contribution is 2.37. The average molecular weight is 388 g/mol. The predicted octanol–water partition coefficient (Wildman–Crippen LogP) is 0.494. The molecule has 1 aromatic heterocycles. The van der Waals surface area contributed by atoms with Crippen molar-refractivity contribution in [2.45, 2.75) is 19.4 Å². The van der Waals surface area contributed by atoms with Crippen molar-refractivity contribution in [1.82, 2.24) is 14.6 Å².